The predicted octanol–water partition coefficient (Wildman–Crippen LogP) is 4.36. The molecule has 4 heteroatoms. The molecule has 0 saturated carbocycles. The molecular formula is C16H20BrNO2. The van der Waals surface area contributed by atoms with E-state index in [1.54, 1.807) is 0 Å². The first-order valence-electron chi connectivity index (χ1n) is 6.66. The molecule has 1 aromatic heterocycles. The van der Waals surface area contributed by atoms with E-state index in [2.05, 4.69) is 34.1 Å². The van der Waals surface area contributed by atoms with Crippen LogP contribution in [0.2, 0.25) is 0 Å². The maximum atomic E-state index is 12.1. The van der Waals surface area contributed by atoms with Gasteiger partial charge in [-0.3, -0.25) is 4.79 Å². The number of ether oxygens (including phenoxy) is 1. The fourth-order valence-electron chi connectivity index (χ4n) is 2.26. The van der Waals surface area contributed by atoms with Crippen LogP contribution in [0.25, 0.3) is 10.9 Å². The molecule has 0 fully saturated rings. The summed E-state index contributed by atoms with van der Waals surface area (Å²) in [5.74, 6) is -0.225. The van der Waals surface area contributed by atoms with Gasteiger partial charge in [0.05, 0.1) is 10.1 Å². The zero-order chi connectivity index (χ0) is 15.1. The molecule has 0 aliphatic carbocycles. The van der Waals surface area contributed by atoms with Crippen LogP contribution < -0.4 is 0 Å². The topological polar surface area (TPSA) is 31.2 Å². The second-order valence-corrected chi connectivity index (χ2v) is 6.86. The number of hydrogen-bond acceptors (Lipinski definition) is 2. The van der Waals surface area contributed by atoms with Gasteiger partial charge in [-0.05, 0) is 67.7 Å². The number of nitrogens with zero attached hydrogens (tertiary/aromatic N) is 1. The minimum Gasteiger partial charge on any atom is -0.459 e. The minimum absolute atomic E-state index is 0.214. The number of fused-ring (bicyclic) bond motifs is 1. The summed E-state index contributed by atoms with van der Waals surface area (Å²) in [6.07, 6.45) is 0. The molecule has 0 atom stereocenters. The highest BCUT2D eigenvalue weighted by molar-refractivity contribution is 9.10. The number of esters is 1. The Bertz CT molecular complexity index is 665. The van der Waals surface area contributed by atoms with E-state index in [0.29, 0.717) is 0 Å². The van der Waals surface area contributed by atoms with Crippen molar-refractivity contribution in [3.05, 3.63) is 33.9 Å². The Hall–Kier alpha value is -1.29. The number of benzene rings is 1. The van der Waals surface area contributed by atoms with E-state index in [1.165, 1.54) is 5.56 Å². The van der Waals surface area contributed by atoms with Crippen molar-refractivity contribution in [3.8, 4) is 0 Å². The zero-order valence-electron chi connectivity index (χ0n) is 12.6. The van der Waals surface area contributed by atoms with E-state index in [9.17, 15) is 4.79 Å². The van der Waals surface area contributed by atoms with E-state index in [1.807, 2.05) is 39.2 Å². The second-order valence-electron chi connectivity index (χ2n) is 6.11. The van der Waals surface area contributed by atoms with E-state index in [-0.39, 0.29) is 12.5 Å². The van der Waals surface area contributed by atoms with Crippen LogP contribution >= 0.6 is 15.9 Å². The van der Waals surface area contributed by atoms with E-state index in [4.69, 9.17) is 4.74 Å². The van der Waals surface area contributed by atoms with Crippen molar-refractivity contribution in [2.24, 2.45) is 0 Å². The number of halogens is 1. The van der Waals surface area contributed by atoms with Crippen LogP contribution in [-0.4, -0.2) is 16.1 Å². The Balaban J connectivity index is 2.41. The Labute approximate surface area is 128 Å². The number of aromatic nitrogens is 1. The standard InChI is InChI=1S/C16H20BrNO2/c1-10-6-7-12-11(2)15(17)18(13(12)8-10)9-14(19)20-16(3,4)5/h6-8H,9H2,1-5H3. The monoisotopic (exact) mass is 337 g/mol. The summed E-state index contributed by atoms with van der Waals surface area (Å²) >= 11 is 3.58. The Kier molecular flexibility index (Phi) is 3.96. The predicted molar refractivity (Wildman–Crippen MR) is 85.0 cm³/mol. The lowest BCUT2D eigenvalue weighted by molar-refractivity contribution is -0.155. The maximum Gasteiger partial charge on any atom is 0.326 e. The van der Waals surface area contributed by atoms with Gasteiger partial charge in [-0.25, -0.2) is 0 Å². The lowest BCUT2D eigenvalue weighted by atomic mass is 10.1. The van der Waals surface area contributed by atoms with Crippen molar-refractivity contribution in [1.29, 1.82) is 0 Å². The van der Waals surface area contributed by atoms with Crippen molar-refractivity contribution in [2.75, 3.05) is 0 Å². The lowest BCUT2D eigenvalue weighted by Gasteiger charge is -2.20. The smallest absolute Gasteiger partial charge is 0.326 e. The molecule has 1 heterocycles. The lowest BCUT2D eigenvalue weighted by Crippen LogP contribution is -2.26. The molecule has 20 heavy (non-hydrogen) atoms. The molecular weight excluding hydrogens is 318 g/mol. The SMILES string of the molecule is Cc1ccc2c(C)c(Br)n(CC(=O)OC(C)(C)C)c2c1. The highest BCUT2D eigenvalue weighted by Gasteiger charge is 2.19. The van der Waals surface area contributed by atoms with Gasteiger partial charge in [-0.15, -0.1) is 0 Å². The molecule has 0 radical (unpaired) electrons. The second kappa shape index (κ2) is 5.24. The molecule has 2 aromatic rings. The van der Waals surface area contributed by atoms with Crippen molar-refractivity contribution >= 4 is 32.8 Å². The summed E-state index contributed by atoms with van der Waals surface area (Å²) in [5, 5.41) is 1.16. The fraction of sp³-hybridized carbons (Fsp3) is 0.438. The maximum absolute atomic E-state index is 12.1. The fourth-order valence-corrected chi connectivity index (χ4v) is 2.79. The van der Waals surface area contributed by atoms with Gasteiger partial charge in [-0.1, -0.05) is 12.1 Å². The van der Waals surface area contributed by atoms with Gasteiger partial charge in [0.25, 0.3) is 0 Å². The molecule has 0 unspecified atom stereocenters. The van der Waals surface area contributed by atoms with Crippen molar-refractivity contribution < 1.29 is 9.53 Å². The van der Waals surface area contributed by atoms with Gasteiger partial charge in [0.15, 0.2) is 0 Å². The first kappa shape index (κ1) is 15.1. The third-order valence-corrected chi connectivity index (χ3v) is 4.12. The Morgan fingerprint density at radius 1 is 1.30 bits per heavy atom. The summed E-state index contributed by atoms with van der Waals surface area (Å²) < 4.78 is 8.30. The highest BCUT2D eigenvalue weighted by atomic mass is 79.9. The molecule has 0 aliphatic rings. The molecule has 0 aliphatic heterocycles. The largest absolute Gasteiger partial charge is 0.459 e. The van der Waals surface area contributed by atoms with Gasteiger partial charge < -0.3 is 9.30 Å². The van der Waals surface area contributed by atoms with Crippen LogP contribution in [-0.2, 0) is 16.1 Å². The molecule has 0 amide bonds. The average molecular weight is 338 g/mol. The normalized spacial score (nSPS) is 11.9. The van der Waals surface area contributed by atoms with Crippen LogP contribution in [0, 0.1) is 13.8 Å². The van der Waals surface area contributed by atoms with Gasteiger partial charge in [0.2, 0.25) is 0 Å². The first-order valence-corrected chi connectivity index (χ1v) is 7.45. The zero-order valence-corrected chi connectivity index (χ0v) is 14.2. The minimum atomic E-state index is -0.461. The molecule has 0 saturated heterocycles. The van der Waals surface area contributed by atoms with Crippen LogP contribution in [0.1, 0.15) is 31.9 Å². The van der Waals surface area contributed by atoms with E-state index >= 15 is 0 Å². The summed E-state index contributed by atoms with van der Waals surface area (Å²) in [6.45, 7) is 9.95. The third-order valence-electron chi connectivity index (χ3n) is 3.10. The van der Waals surface area contributed by atoms with Crippen molar-refractivity contribution in [2.45, 2.75) is 46.8 Å². The molecule has 0 bridgehead atoms. The highest BCUT2D eigenvalue weighted by Crippen LogP contribution is 2.30. The van der Waals surface area contributed by atoms with Crippen LogP contribution in [0.3, 0.4) is 0 Å². The molecule has 2 rings (SSSR count). The summed E-state index contributed by atoms with van der Waals surface area (Å²) in [4.78, 5) is 12.1. The number of hydrogen-bond donors (Lipinski definition) is 0. The van der Waals surface area contributed by atoms with Gasteiger partial charge in [0.1, 0.15) is 12.1 Å². The number of carbonyl (C=O) groups is 1. The van der Waals surface area contributed by atoms with Gasteiger partial charge >= 0.3 is 5.97 Å². The van der Waals surface area contributed by atoms with Crippen LogP contribution in [0.4, 0.5) is 0 Å². The number of carbonyl (C=O) groups excluding carboxylic acids is 1. The first-order chi connectivity index (χ1) is 9.19. The molecule has 0 N–H and O–H groups in total. The van der Waals surface area contributed by atoms with Crippen molar-refractivity contribution in [3.63, 3.8) is 0 Å². The van der Waals surface area contributed by atoms with Crippen LogP contribution in [0.15, 0.2) is 22.8 Å². The van der Waals surface area contributed by atoms with Gasteiger partial charge in [0, 0.05) is 5.39 Å². The van der Waals surface area contributed by atoms with Crippen molar-refractivity contribution in [1.82, 2.24) is 4.57 Å². The average Bonchev–Trinajstić information content (AvgIpc) is 2.52. The summed E-state index contributed by atoms with van der Waals surface area (Å²) in [5.41, 5.74) is 2.91. The third kappa shape index (κ3) is 3.06. The summed E-state index contributed by atoms with van der Waals surface area (Å²) in [7, 11) is 0. The van der Waals surface area contributed by atoms with Crippen LogP contribution in [0.5, 0.6) is 0 Å². The summed E-state index contributed by atoms with van der Waals surface area (Å²) in [6, 6.07) is 6.27. The van der Waals surface area contributed by atoms with E-state index < -0.39 is 5.60 Å². The number of rotatable bonds is 2. The molecule has 1 aromatic carbocycles. The van der Waals surface area contributed by atoms with E-state index in [0.717, 1.165) is 21.1 Å². The Morgan fingerprint density at radius 2 is 1.95 bits per heavy atom. The quantitative estimate of drug-likeness (QED) is 0.762. The molecule has 0 spiro atoms. The Morgan fingerprint density at radius 3 is 2.55 bits per heavy atom. The molecule has 108 valence electrons. The molecule has 3 nitrogen and oxygen atoms in total. The number of aryl methyl sites for hydroxylation is 2. The van der Waals surface area contributed by atoms with Gasteiger partial charge in [-0.2, -0.15) is 0 Å².